The van der Waals surface area contributed by atoms with Crippen LogP contribution in [0.15, 0.2) is 48.8 Å². The average Bonchev–Trinajstić information content (AvgIpc) is 2.41. The molecule has 0 saturated carbocycles. The van der Waals surface area contributed by atoms with E-state index in [1.54, 1.807) is 12.3 Å². The highest BCUT2D eigenvalue weighted by molar-refractivity contribution is 5.20. The first-order chi connectivity index (χ1) is 8.79. The Morgan fingerprint density at radius 1 is 1.28 bits per heavy atom. The van der Waals surface area contributed by atoms with Gasteiger partial charge in [0, 0.05) is 18.4 Å². The van der Waals surface area contributed by atoms with Gasteiger partial charge in [-0.25, -0.2) is 4.39 Å². The molecule has 1 atom stereocenters. The van der Waals surface area contributed by atoms with E-state index < -0.39 is 0 Å². The van der Waals surface area contributed by atoms with Crippen LogP contribution in [0.4, 0.5) is 4.39 Å². The van der Waals surface area contributed by atoms with Crippen LogP contribution in [-0.4, -0.2) is 4.98 Å². The summed E-state index contributed by atoms with van der Waals surface area (Å²) < 4.78 is 13.1. The summed E-state index contributed by atoms with van der Waals surface area (Å²) in [4.78, 5) is 4.06. The van der Waals surface area contributed by atoms with Crippen LogP contribution in [0.1, 0.15) is 23.6 Å². The van der Waals surface area contributed by atoms with Crippen LogP contribution in [0.3, 0.4) is 0 Å². The lowest BCUT2D eigenvalue weighted by atomic mass is 10.0. The summed E-state index contributed by atoms with van der Waals surface area (Å²) in [5, 5.41) is 0. The molecule has 0 bridgehead atoms. The molecule has 0 aliphatic rings. The zero-order valence-corrected chi connectivity index (χ0v) is 10.0. The molecular formula is C14H16FN3. The van der Waals surface area contributed by atoms with Crippen molar-refractivity contribution in [2.45, 2.75) is 18.9 Å². The number of halogens is 1. The number of rotatable bonds is 5. The quantitative estimate of drug-likeness (QED) is 0.628. The van der Waals surface area contributed by atoms with Crippen molar-refractivity contribution in [2.75, 3.05) is 0 Å². The van der Waals surface area contributed by atoms with Crippen molar-refractivity contribution in [1.29, 1.82) is 0 Å². The van der Waals surface area contributed by atoms with Crippen molar-refractivity contribution in [3.05, 3.63) is 65.7 Å². The molecule has 18 heavy (non-hydrogen) atoms. The van der Waals surface area contributed by atoms with Crippen molar-refractivity contribution in [3.8, 4) is 0 Å². The molecule has 1 heterocycles. The van der Waals surface area contributed by atoms with Gasteiger partial charge in [0.05, 0.1) is 0 Å². The van der Waals surface area contributed by atoms with Gasteiger partial charge in [-0.1, -0.05) is 18.2 Å². The van der Waals surface area contributed by atoms with Gasteiger partial charge in [0.2, 0.25) is 0 Å². The maximum atomic E-state index is 13.1. The van der Waals surface area contributed by atoms with E-state index in [4.69, 9.17) is 5.84 Å². The number of nitrogens with zero attached hydrogens (tertiary/aromatic N) is 1. The third kappa shape index (κ3) is 3.35. The van der Waals surface area contributed by atoms with E-state index >= 15 is 0 Å². The van der Waals surface area contributed by atoms with Crippen LogP contribution in [-0.2, 0) is 6.42 Å². The summed E-state index contributed by atoms with van der Waals surface area (Å²) >= 11 is 0. The molecule has 3 N–H and O–H groups in total. The summed E-state index contributed by atoms with van der Waals surface area (Å²) in [5.41, 5.74) is 4.74. The van der Waals surface area contributed by atoms with E-state index in [1.807, 2.05) is 24.4 Å². The number of aromatic nitrogens is 1. The standard InChI is InChI=1S/C14H16FN3/c15-13-5-1-4-12(9-13)14(18-16)7-6-11-3-2-8-17-10-11/h1-5,8-10,14,18H,6-7,16H2. The molecule has 2 rings (SSSR count). The molecule has 0 saturated heterocycles. The summed E-state index contributed by atoms with van der Waals surface area (Å²) in [6.45, 7) is 0. The molecule has 0 radical (unpaired) electrons. The molecule has 3 nitrogen and oxygen atoms in total. The van der Waals surface area contributed by atoms with Crippen molar-refractivity contribution in [2.24, 2.45) is 5.84 Å². The van der Waals surface area contributed by atoms with Crippen LogP contribution in [0.2, 0.25) is 0 Å². The van der Waals surface area contributed by atoms with Crippen LogP contribution < -0.4 is 11.3 Å². The Balaban J connectivity index is 2.02. The average molecular weight is 245 g/mol. The smallest absolute Gasteiger partial charge is 0.123 e. The first kappa shape index (κ1) is 12.7. The van der Waals surface area contributed by atoms with E-state index in [-0.39, 0.29) is 11.9 Å². The van der Waals surface area contributed by atoms with E-state index in [9.17, 15) is 4.39 Å². The summed E-state index contributed by atoms with van der Waals surface area (Å²) in [6, 6.07) is 10.4. The predicted molar refractivity (Wildman–Crippen MR) is 69.0 cm³/mol. The van der Waals surface area contributed by atoms with Crippen LogP contribution in [0, 0.1) is 5.82 Å². The van der Waals surface area contributed by atoms with Gasteiger partial charge >= 0.3 is 0 Å². The maximum absolute atomic E-state index is 13.1. The van der Waals surface area contributed by atoms with Gasteiger partial charge in [-0.2, -0.15) is 0 Å². The second-order valence-electron chi connectivity index (χ2n) is 4.17. The molecule has 1 aromatic carbocycles. The Morgan fingerprint density at radius 2 is 2.17 bits per heavy atom. The number of hydrazine groups is 1. The zero-order valence-electron chi connectivity index (χ0n) is 10.0. The van der Waals surface area contributed by atoms with E-state index in [2.05, 4.69) is 10.4 Å². The fourth-order valence-electron chi connectivity index (χ4n) is 1.93. The van der Waals surface area contributed by atoms with Crippen LogP contribution >= 0.6 is 0 Å². The van der Waals surface area contributed by atoms with E-state index in [0.29, 0.717) is 0 Å². The predicted octanol–water partition coefficient (Wildman–Crippen LogP) is 2.36. The Labute approximate surface area is 106 Å². The van der Waals surface area contributed by atoms with Gasteiger partial charge in [-0.3, -0.25) is 16.3 Å². The number of nitrogens with two attached hydrogens (primary N) is 1. The highest BCUT2D eigenvalue weighted by atomic mass is 19.1. The van der Waals surface area contributed by atoms with Crippen LogP contribution in [0.5, 0.6) is 0 Å². The fraction of sp³-hybridized carbons (Fsp3) is 0.214. The molecule has 4 heteroatoms. The summed E-state index contributed by atoms with van der Waals surface area (Å²) in [6.07, 6.45) is 5.22. The molecule has 0 spiro atoms. The summed E-state index contributed by atoms with van der Waals surface area (Å²) in [7, 11) is 0. The fourth-order valence-corrected chi connectivity index (χ4v) is 1.93. The maximum Gasteiger partial charge on any atom is 0.123 e. The third-order valence-corrected chi connectivity index (χ3v) is 2.90. The third-order valence-electron chi connectivity index (χ3n) is 2.90. The SMILES string of the molecule is NNC(CCc1cccnc1)c1cccc(F)c1. The van der Waals surface area contributed by atoms with Gasteiger partial charge in [0.15, 0.2) is 0 Å². The van der Waals surface area contributed by atoms with Gasteiger partial charge in [-0.15, -0.1) is 0 Å². The topological polar surface area (TPSA) is 50.9 Å². The lowest BCUT2D eigenvalue weighted by Crippen LogP contribution is -2.28. The number of hydrogen-bond acceptors (Lipinski definition) is 3. The minimum atomic E-state index is -0.242. The van der Waals surface area contributed by atoms with E-state index in [0.717, 1.165) is 24.0 Å². The molecule has 2 aromatic rings. The molecule has 0 aliphatic heterocycles. The number of pyridine rings is 1. The largest absolute Gasteiger partial charge is 0.271 e. The monoisotopic (exact) mass is 245 g/mol. The number of aryl methyl sites for hydroxylation is 1. The van der Waals surface area contributed by atoms with Gasteiger partial charge in [0.25, 0.3) is 0 Å². The summed E-state index contributed by atoms with van der Waals surface area (Å²) in [5.74, 6) is 5.29. The highest BCUT2D eigenvalue weighted by Gasteiger charge is 2.10. The zero-order chi connectivity index (χ0) is 12.8. The van der Waals surface area contributed by atoms with Crippen molar-refractivity contribution >= 4 is 0 Å². The van der Waals surface area contributed by atoms with Crippen molar-refractivity contribution in [3.63, 3.8) is 0 Å². The second kappa shape index (κ2) is 6.23. The Morgan fingerprint density at radius 3 is 2.83 bits per heavy atom. The first-order valence-corrected chi connectivity index (χ1v) is 5.90. The molecular weight excluding hydrogens is 229 g/mol. The number of hydrogen-bond donors (Lipinski definition) is 2. The van der Waals surface area contributed by atoms with Gasteiger partial charge in [0.1, 0.15) is 5.82 Å². The molecule has 0 amide bonds. The Hall–Kier alpha value is -1.78. The second-order valence-corrected chi connectivity index (χ2v) is 4.17. The Bertz CT molecular complexity index is 487. The molecule has 94 valence electrons. The normalized spacial score (nSPS) is 12.3. The number of benzene rings is 1. The van der Waals surface area contributed by atoms with Crippen molar-refractivity contribution in [1.82, 2.24) is 10.4 Å². The first-order valence-electron chi connectivity index (χ1n) is 5.90. The molecule has 1 aromatic heterocycles. The van der Waals surface area contributed by atoms with Crippen LogP contribution in [0.25, 0.3) is 0 Å². The van der Waals surface area contributed by atoms with Gasteiger partial charge in [-0.05, 0) is 42.2 Å². The minimum absolute atomic E-state index is 0.0547. The molecule has 1 unspecified atom stereocenters. The van der Waals surface area contributed by atoms with E-state index in [1.165, 1.54) is 12.1 Å². The Kier molecular flexibility index (Phi) is 4.39. The lowest BCUT2D eigenvalue weighted by Gasteiger charge is -2.16. The molecule has 0 fully saturated rings. The van der Waals surface area contributed by atoms with Gasteiger partial charge < -0.3 is 0 Å². The lowest BCUT2D eigenvalue weighted by molar-refractivity contribution is 0.511. The molecule has 0 aliphatic carbocycles. The minimum Gasteiger partial charge on any atom is -0.271 e. The highest BCUT2D eigenvalue weighted by Crippen LogP contribution is 2.19. The number of nitrogens with one attached hydrogen (secondary N) is 1. The van der Waals surface area contributed by atoms with Crippen molar-refractivity contribution < 1.29 is 4.39 Å².